The first kappa shape index (κ1) is 27.7. The molecule has 43 heavy (non-hydrogen) atoms. The minimum atomic E-state index is -0.890. The first-order chi connectivity index (χ1) is 20.9. The van der Waals surface area contributed by atoms with Crippen LogP contribution < -0.4 is 9.64 Å². The van der Waals surface area contributed by atoms with Crippen LogP contribution in [-0.2, 0) is 0 Å². The van der Waals surface area contributed by atoms with Gasteiger partial charge in [-0.2, -0.15) is 15.2 Å². The second kappa shape index (κ2) is 11.2. The normalized spacial score (nSPS) is 24.3. The number of pyridine rings is 1. The Morgan fingerprint density at radius 1 is 1.09 bits per heavy atom. The number of hydrogen-bond acceptors (Lipinski definition) is 8. The first-order valence-electron chi connectivity index (χ1n) is 15.2. The van der Waals surface area contributed by atoms with Gasteiger partial charge in [0, 0.05) is 44.2 Å². The number of nitriles is 1. The van der Waals surface area contributed by atoms with Gasteiger partial charge in [-0.1, -0.05) is 24.3 Å². The summed E-state index contributed by atoms with van der Waals surface area (Å²) in [7, 11) is 0. The zero-order chi connectivity index (χ0) is 29.6. The summed E-state index contributed by atoms with van der Waals surface area (Å²) >= 11 is 0. The summed E-state index contributed by atoms with van der Waals surface area (Å²) in [5, 5.41) is 21.7. The molecule has 0 aliphatic carbocycles. The minimum absolute atomic E-state index is 0.0157. The monoisotopic (exact) mass is 584 g/mol. The Balaban J connectivity index is 1.32. The molecule has 7 rings (SSSR count). The van der Waals surface area contributed by atoms with E-state index in [2.05, 4.69) is 25.8 Å². The number of phenolic OH excluding ortho intramolecular Hbond substituents is 1. The van der Waals surface area contributed by atoms with Crippen molar-refractivity contribution < 1.29 is 18.6 Å². The quantitative estimate of drug-likeness (QED) is 0.288. The van der Waals surface area contributed by atoms with E-state index < -0.39 is 17.5 Å². The van der Waals surface area contributed by atoms with Gasteiger partial charge < -0.3 is 14.7 Å². The fraction of sp³-hybridized carbons (Fsp3) is 0.455. The summed E-state index contributed by atoms with van der Waals surface area (Å²) in [6.07, 6.45) is 6.11. The number of nitrogens with zero attached hydrogens (tertiary/aromatic N) is 6. The van der Waals surface area contributed by atoms with E-state index in [0.29, 0.717) is 55.2 Å². The van der Waals surface area contributed by atoms with Gasteiger partial charge in [0.15, 0.2) is 5.82 Å². The van der Waals surface area contributed by atoms with E-state index in [9.17, 15) is 14.8 Å². The molecule has 0 saturated carbocycles. The second-order valence-electron chi connectivity index (χ2n) is 12.2. The van der Waals surface area contributed by atoms with Crippen molar-refractivity contribution in [2.45, 2.75) is 56.7 Å². The third-order valence-electron chi connectivity index (χ3n) is 9.50. The summed E-state index contributed by atoms with van der Waals surface area (Å²) in [6.45, 7) is 2.85. The highest BCUT2D eigenvalue weighted by Crippen LogP contribution is 2.41. The van der Waals surface area contributed by atoms with Crippen molar-refractivity contribution in [2.75, 3.05) is 37.7 Å². The number of anilines is 1. The van der Waals surface area contributed by atoms with E-state index in [0.717, 1.165) is 49.4 Å². The molecule has 0 amide bonds. The lowest BCUT2D eigenvalue weighted by molar-refractivity contribution is 0.107. The molecule has 222 valence electrons. The number of hydrogen-bond donors (Lipinski definition) is 1. The summed E-state index contributed by atoms with van der Waals surface area (Å²) in [5.41, 5.74) is 0.239. The molecule has 3 aliphatic heterocycles. The Morgan fingerprint density at radius 3 is 2.86 bits per heavy atom. The van der Waals surface area contributed by atoms with Crippen LogP contribution >= 0.6 is 0 Å². The van der Waals surface area contributed by atoms with Gasteiger partial charge in [0.05, 0.1) is 17.0 Å². The molecule has 4 aromatic rings. The summed E-state index contributed by atoms with van der Waals surface area (Å²) in [6, 6.07) is 13.0. The van der Waals surface area contributed by atoms with Crippen molar-refractivity contribution in [1.82, 2.24) is 19.9 Å². The van der Waals surface area contributed by atoms with Crippen LogP contribution in [-0.4, -0.2) is 69.5 Å². The maximum absolute atomic E-state index is 16.6. The molecule has 3 fully saturated rings. The van der Waals surface area contributed by atoms with Gasteiger partial charge in [-0.15, -0.1) is 0 Å². The SMILES string of the molecule is N#CCC1CCCN(c2nc(OC[C@@]34CCCN3C[C@H](F)C4)nc3c(F)c(-c4cc(O)cc5ccccc45)ncc23)CC1. The fourth-order valence-electron chi connectivity index (χ4n) is 7.36. The lowest BCUT2D eigenvalue weighted by Crippen LogP contribution is -2.43. The van der Waals surface area contributed by atoms with Gasteiger partial charge in [0.2, 0.25) is 0 Å². The Morgan fingerprint density at radius 2 is 1.98 bits per heavy atom. The van der Waals surface area contributed by atoms with Gasteiger partial charge in [-0.05, 0) is 67.5 Å². The molecule has 0 bridgehead atoms. The number of fused-ring (bicyclic) bond motifs is 3. The molecule has 5 heterocycles. The van der Waals surface area contributed by atoms with E-state index in [1.54, 1.807) is 12.3 Å². The molecule has 3 saturated heterocycles. The average molecular weight is 585 g/mol. The highest BCUT2D eigenvalue weighted by Gasteiger charge is 2.49. The number of phenols is 1. The smallest absolute Gasteiger partial charge is 0.319 e. The van der Waals surface area contributed by atoms with Crippen molar-refractivity contribution in [3.63, 3.8) is 0 Å². The van der Waals surface area contributed by atoms with Crippen LogP contribution in [0.2, 0.25) is 0 Å². The second-order valence-corrected chi connectivity index (χ2v) is 12.2. The van der Waals surface area contributed by atoms with E-state index in [1.807, 2.05) is 24.3 Å². The lowest BCUT2D eigenvalue weighted by atomic mass is 9.95. The zero-order valence-corrected chi connectivity index (χ0v) is 24.0. The zero-order valence-electron chi connectivity index (χ0n) is 24.0. The third-order valence-corrected chi connectivity index (χ3v) is 9.50. The average Bonchev–Trinajstić information content (AvgIpc) is 3.42. The molecule has 2 aromatic carbocycles. The van der Waals surface area contributed by atoms with Crippen LogP contribution in [0.3, 0.4) is 0 Å². The summed E-state index contributed by atoms with van der Waals surface area (Å²) in [4.78, 5) is 18.2. The maximum Gasteiger partial charge on any atom is 0.319 e. The summed E-state index contributed by atoms with van der Waals surface area (Å²) < 4.78 is 37.2. The van der Waals surface area contributed by atoms with Crippen molar-refractivity contribution >= 4 is 27.5 Å². The van der Waals surface area contributed by atoms with E-state index in [1.165, 1.54) is 6.07 Å². The molecule has 2 aromatic heterocycles. The van der Waals surface area contributed by atoms with Crippen LogP contribution in [0.15, 0.2) is 42.6 Å². The minimum Gasteiger partial charge on any atom is -0.508 e. The Labute approximate surface area is 248 Å². The van der Waals surface area contributed by atoms with Gasteiger partial charge in [-0.25, -0.2) is 8.78 Å². The first-order valence-corrected chi connectivity index (χ1v) is 15.2. The van der Waals surface area contributed by atoms with Gasteiger partial charge in [-0.3, -0.25) is 9.88 Å². The van der Waals surface area contributed by atoms with Crippen molar-refractivity contribution in [3.05, 3.63) is 48.4 Å². The molecule has 3 aliphatic rings. The largest absolute Gasteiger partial charge is 0.508 e. The Hall–Kier alpha value is -4.10. The number of halogens is 2. The van der Waals surface area contributed by atoms with Crippen molar-refractivity contribution in [3.8, 4) is 29.1 Å². The van der Waals surface area contributed by atoms with Gasteiger partial charge in [0.1, 0.15) is 35.6 Å². The summed E-state index contributed by atoms with van der Waals surface area (Å²) in [5.74, 6) is 0.251. The molecule has 1 unspecified atom stereocenters. The predicted molar refractivity (Wildman–Crippen MR) is 160 cm³/mol. The molecular weight excluding hydrogens is 550 g/mol. The van der Waals surface area contributed by atoms with Crippen LogP contribution in [0.4, 0.5) is 14.6 Å². The number of aromatic nitrogens is 3. The highest BCUT2D eigenvalue weighted by atomic mass is 19.1. The fourth-order valence-corrected chi connectivity index (χ4v) is 7.36. The Kier molecular flexibility index (Phi) is 7.21. The van der Waals surface area contributed by atoms with Crippen LogP contribution in [0.5, 0.6) is 11.8 Å². The molecule has 10 heteroatoms. The van der Waals surface area contributed by atoms with Gasteiger partial charge >= 0.3 is 6.01 Å². The molecular formula is C33H34F2N6O2. The van der Waals surface area contributed by atoms with Crippen molar-refractivity contribution in [2.24, 2.45) is 5.92 Å². The molecule has 1 N–H and O–H groups in total. The number of rotatable bonds is 6. The van der Waals surface area contributed by atoms with E-state index in [4.69, 9.17) is 9.72 Å². The maximum atomic E-state index is 16.6. The molecule has 0 radical (unpaired) electrons. The standard InChI is InChI=1S/C33H34F2N6O2/c34-23-17-33(10-4-13-41(33)19-23)20-43-32-38-30-27(31(39-32)40-12-3-5-21(8-11-36)9-14-40)18-37-29(28(30)35)26-16-24(42)15-22-6-1-2-7-25(22)26/h1-2,6-7,15-16,18,21,23,42H,3-5,8-10,12-14,17,19-20H2/t21?,23-,33+/m1/s1. The van der Waals surface area contributed by atoms with Crippen LogP contribution in [0.1, 0.15) is 44.9 Å². The number of alkyl halides is 1. The molecule has 0 spiro atoms. The molecule has 8 nitrogen and oxygen atoms in total. The van der Waals surface area contributed by atoms with Crippen LogP contribution in [0.25, 0.3) is 32.9 Å². The molecule has 3 atom stereocenters. The predicted octanol–water partition coefficient (Wildman–Crippen LogP) is 6.17. The topological polar surface area (TPSA) is 98.4 Å². The van der Waals surface area contributed by atoms with E-state index >= 15 is 4.39 Å². The van der Waals surface area contributed by atoms with E-state index in [-0.39, 0.29) is 29.6 Å². The number of benzene rings is 2. The van der Waals surface area contributed by atoms with Crippen molar-refractivity contribution in [1.29, 1.82) is 5.26 Å². The number of ether oxygens (including phenoxy) is 1. The lowest BCUT2D eigenvalue weighted by Gasteiger charge is -2.31. The van der Waals surface area contributed by atoms with Gasteiger partial charge in [0.25, 0.3) is 0 Å². The Bertz CT molecular complexity index is 1730. The number of aromatic hydroxyl groups is 1. The highest BCUT2D eigenvalue weighted by molar-refractivity contribution is 5.99. The third kappa shape index (κ3) is 5.10. The van der Waals surface area contributed by atoms with Crippen LogP contribution in [0, 0.1) is 23.1 Å².